The number of hydrogen-bond acceptors (Lipinski definition) is 3. The van der Waals surface area contributed by atoms with Gasteiger partial charge in [-0.2, -0.15) is 5.10 Å². The summed E-state index contributed by atoms with van der Waals surface area (Å²) in [6.07, 6.45) is 4.20. The predicted molar refractivity (Wildman–Crippen MR) is 64.9 cm³/mol. The molecular weight excluding hydrogens is 216 g/mol. The fraction of sp³-hybridized carbons (Fsp3) is 0.250. The van der Waals surface area contributed by atoms with Gasteiger partial charge in [-0.1, -0.05) is 6.92 Å². The monoisotopic (exact) mass is 230 g/mol. The molecule has 17 heavy (non-hydrogen) atoms. The molecule has 0 atom stereocenters. The summed E-state index contributed by atoms with van der Waals surface area (Å²) in [5, 5.41) is 9.48. The summed E-state index contributed by atoms with van der Waals surface area (Å²) in [7, 11) is 0. The molecule has 5 heteroatoms. The van der Waals surface area contributed by atoms with Crippen LogP contribution in [0.15, 0.2) is 24.5 Å². The van der Waals surface area contributed by atoms with E-state index in [1.807, 2.05) is 13.8 Å². The lowest BCUT2D eigenvalue weighted by atomic mass is 10.2. The van der Waals surface area contributed by atoms with Crippen LogP contribution in [-0.4, -0.2) is 21.1 Å². The van der Waals surface area contributed by atoms with Crippen molar-refractivity contribution in [2.45, 2.75) is 20.3 Å². The fourth-order valence-electron chi connectivity index (χ4n) is 1.59. The average Bonchev–Trinajstić information content (AvgIpc) is 2.76. The highest BCUT2D eigenvalue weighted by atomic mass is 16.1. The highest BCUT2D eigenvalue weighted by Gasteiger charge is 2.12. The van der Waals surface area contributed by atoms with E-state index in [2.05, 4.69) is 20.5 Å². The van der Waals surface area contributed by atoms with Gasteiger partial charge in [0.15, 0.2) is 0 Å². The van der Waals surface area contributed by atoms with Crippen molar-refractivity contribution < 1.29 is 4.79 Å². The van der Waals surface area contributed by atoms with Gasteiger partial charge in [0.2, 0.25) is 0 Å². The predicted octanol–water partition coefficient (Wildman–Crippen LogP) is 1.93. The summed E-state index contributed by atoms with van der Waals surface area (Å²) in [5.74, 6) is 0.482. The molecule has 2 N–H and O–H groups in total. The third-order valence-electron chi connectivity index (χ3n) is 2.59. The number of aryl methyl sites for hydroxylation is 2. The first kappa shape index (κ1) is 11.3. The number of rotatable bonds is 3. The lowest BCUT2D eigenvalue weighted by Crippen LogP contribution is -2.15. The maximum absolute atomic E-state index is 12.0. The van der Waals surface area contributed by atoms with E-state index in [0.717, 1.165) is 12.0 Å². The van der Waals surface area contributed by atoms with Crippen molar-refractivity contribution in [2.75, 3.05) is 5.32 Å². The number of aromatic nitrogens is 3. The van der Waals surface area contributed by atoms with Crippen LogP contribution in [0.1, 0.15) is 28.5 Å². The summed E-state index contributed by atoms with van der Waals surface area (Å²) < 4.78 is 0. The second kappa shape index (κ2) is 4.78. The van der Waals surface area contributed by atoms with E-state index in [1.165, 1.54) is 0 Å². The van der Waals surface area contributed by atoms with E-state index in [1.54, 1.807) is 24.5 Å². The summed E-state index contributed by atoms with van der Waals surface area (Å²) in [4.78, 5) is 16.1. The second-order valence-corrected chi connectivity index (χ2v) is 3.71. The molecular formula is C12H14N4O. The average molecular weight is 230 g/mol. The van der Waals surface area contributed by atoms with Crippen LogP contribution in [0.25, 0.3) is 0 Å². The zero-order chi connectivity index (χ0) is 12.3. The SMILES string of the molecule is CCc1cn[nH]c1NC(=O)c1cccnc1C. The number of H-pyrrole nitrogens is 1. The first-order chi connectivity index (χ1) is 8.22. The Labute approximate surface area is 99.3 Å². The van der Waals surface area contributed by atoms with Gasteiger partial charge in [-0.3, -0.25) is 14.9 Å². The van der Waals surface area contributed by atoms with Crippen molar-refractivity contribution in [3.63, 3.8) is 0 Å². The maximum Gasteiger partial charge on any atom is 0.258 e. The minimum Gasteiger partial charge on any atom is -0.307 e. The summed E-state index contributed by atoms with van der Waals surface area (Å²) in [6, 6.07) is 3.50. The third-order valence-corrected chi connectivity index (χ3v) is 2.59. The van der Waals surface area contributed by atoms with Crippen LogP contribution in [0.3, 0.4) is 0 Å². The highest BCUT2D eigenvalue weighted by molar-refractivity contribution is 6.04. The number of carbonyl (C=O) groups is 1. The van der Waals surface area contributed by atoms with E-state index < -0.39 is 0 Å². The molecule has 2 rings (SSSR count). The Morgan fingerprint density at radius 3 is 3.06 bits per heavy atom. The van der Waals surface area contributed by atoms with Crippen LogP contribution in [0.5, 0.6) is 0 Å². The Hall–Kier alpha value is -2.17. The van der Waals surface area contributed by atoms with Crippen molar-refractivity contribution in [1.82, 2.24) is 15.2 Å². The molecule has 0 aliphatic carbocycles. The number of amides is 1. The van der Waals surface area contributed by atoms with Crippen LogP contribution in [-0.2, 0) is 6.42 Å². The number of carbonyl (C=O) groups excluding carboxylic acids is 1. The molecule has 2 heterocycles. The molecule has 0 fully saturated rings. The van der Waals surface area contributed by atoms with Gasteiger partial charge < -0.3 is 5.32 Å². The Kier molecular flexibility index (Phi) is 3.18. The van der Waals surface area contributed by atoms with E-state index in [4.69, 9.17) is 0 Å². The number of nitrogens with one attached hydrogen (secondary N) is 2. The molecule has 0 unspecified atom stereocenters. The molecule has 0 spiro atoms. The first-order valence-electron chi connectivity index (χ1n) is 5.47. The van der Waals surface area contributed by atoms with Crippen LogP contribution >= 0.6 is 0 Å². The lowest BCUT2D eigenvalue weighted by Gasteiger charge is -2.06. The maximum atomic E-state index is 12.0. The Bertz CT molecular complexity index is 533. The quantitative estimate of drug-likeness (QED) is 0.846. The second-order valence-electron chi connectivity index (χ2n) is 3.71. The van der Waals surface area contributed by atoms with Crippen molar-refractivity contribution in [1.29, 1.82) is 0 Å². The molecule has 1 amide bonds. The summed E-state index contributed by atoms with van der Waals surface area (Å²) in [6.45, 7) is 3.82. The molecule has 5 nitrogen and oxygen atoms in total. The lowest BCUT2D eigenvalue weighted by molar-refractivity contribution is 0.102. The largest absolute Gasteiger partial charge is 0.307 e. The molecule has 0 bridgehead atoms. The molecule has 0 aliphatic rings. The molecule has 0 aromatic carbocycles. The van der Waals surface area contributed by atoms with Gasteiger partial charge in [-0.15, -0.1) is 0 Å². The summed E-state index contributed by atoms with van der Waals surface area (Å²) >= 11 is 0. The highest BCUT2D eigenvalue weighted by Crippen LogP contribution is 2.13. The standard InChI is InChI=1S/C12H14N4O/c1-3-9-7-14-16-11(9)15-12(17)10-5-4-6-13-8(10)2/h4-7H,3H2,1-2H3,(H2,14,15,16,17). The van der Waals surface area contributed by atoms with Crippen LogP contribution < -0.4 is 5.32 Å². The molecule has 0 saturated carbocycles. The van der Waals surface area contributed by atoms with Crippen molar-refractivity contribution in [2.24, 2.45) is 0 Å². The van der Waals surface area contributed by atoms with Crippen LogP contribution in [0, 0.1) is 6.92 Å². The number of hydrogen-bond donors (Lipinski definition) is 2. The van der Waals surface area contributed by atoms with E-state index in [-0.39, 0.29) is 5.91 Å². The number of pyridine rings is 1. The molecule has 0 saturated heterocycles. The first-order valence-corrected chi connectivity index (χ1v) is 5.47. The van der Waals surface area contributed by atoms with E-state index in [0.29, 0.717) is 17.1 Å². The van der Waals surface area contributed by atoms with Gasteiger partial charge in [-0.05, 0) is 25.5 Å². The van der Waals surface area contributed by atoms with Crippen molar-refractivity contribution >= 4 is 11.7 Å². The van der Waals surface area contributed by atoms with E-state index >= 15 is 0 Å². The third kappa shape index (κ3) is 2.33. The number of anilines is 1. The van der Waals surface area contributed by atoms with E-state index in [9.17, 15) is 4.79 Å². The molecule has 0 aliphatic heterocycles. The molecule has 2 aromatic heterocycles. The van der Waals surface area contributed by atoms with Crippen molar-refractivity contribution in [3.8, 4) is 0 Å². The Morgan fingerprint density at radius 1 is 1.53 bits per heavy atom. The molecule has 0 radical (unpaired) electrons. The Balaban J connectivity index is 2.20. The zero-order valence-corrected chi connectivity index (χ0v) is 9.82. The van der Waals surface area contributed by atoms with Crippen LogP contribution in [0.2, 0.25) is 0 Å². The van der Waals surface area contributed by atoms with Crippen molar-refractivity contribution in [3.05, 3.63) is 41.3 Å². The minimum atomic E-state index is -0.172. The van der Waals surface area contributed by atoms with Gasteiger partial charge >= 0.3 is 0 Å². The van der Waals surface area contributed by atoms with Gasteiger partial charge in [0.05, 0.1) is 11.8 Å². The topological polar surface area (TPSA) is 70.7 Å². The number of nitrogens with zero attached hydrogens (tertiary/aromatic N) is 2. The molecule has 2 aromatic rings. The van der Waals surface area contributed by atoms with Crippen LogP contribution in [0.4, 0.5) is 5.82 Å². The fourth-order valence-corrected chi connectivity index (χ4v) is 1.59. The smallest absolute Gasteiger partial charge is 0.258 e. The summed E-state index contributed by atoms with van der Waals surface area (Å²) in [5.41, 5.74) is 2.27. The van der Waals surface area contributed by atoms with Gasteiger partial charge in [0, 0.05) is 17.5 Å². The van der Waals surface area contributed by atoms with Gasteiger partial charge in [0.1, 0.15) is 5.82 Å². The Morgan fingerprint density at radius 2 is 2.35 bits per heavy atom. The van der Waals surface area contributed by atoms with Gasteiger partial charge in [-0.25, -0.2) is 0 Å². The zero-order valence-electron chi connectivity index (χ0n) is 9.82. The minimum absolute atomic E-state index is 0.172. The molecule has 88 valence electrons. The number of aromatic amines is 1. The normalized spacial score (nSPS) is 10.2. The van der Waals surface area contributed by atoms with Gasteiger partial charge in [0.25, 0.3) is 5.91 Å².